The van der Waals surface area contributed by atoms with Crippen LogP contribution in [0.2, 0.25) is 0 Å². The minimum absolute atomic E-state index is 0.621. The van der Waals surface area contributed by atoms with Crippen LogP contribution < -0.4 is 10.2 Å². The summed E-state index contributed by atoms with van der Waals surface area (Å²) in [6.07, 6.45) is 1.25. The minimum atomic E-state index is 0.621. The molecule has 0 saturated carbocycles. The van der Waals surface area contributed by atoms with E-state index in [-0.39, 0.29) is 0 Å². The molecule has 106 valence electrons. The fourth-order valence-corrected chi connectivity index (χ4v) is 3.16. The Bertz CT molecular complexity index is 576. The van der Waals surface area contributed by atoms with Gasteiger partial charge in [0, 0.05) is 31.4 Å². The van der Waals surface area contributed by atoms with Crippen LogP contribution in [0.5, 0.6) is 0 Å². The molecule has 0 aromatic heterocycles. The Kier molecular flexibility index (Phi) is 3.93. The fraction of sp³-hybridized carbons (Fsp3) is 0.444. The highest BCUT2D eigenvalue weighted by atomic mass is 15.2. The number of fused-ring (bicyclic) bond motifs is 1. The summed E-state index contributed by atoms with van der Waals surface area (Å²) in [7, 11) is 0. The van der Waals surface area contributed by atoms with Gasteiger partial charge >= 0.3 is 0 Å². The first-order valence-electron chi connectivity index (χ1n) is 7.69. The number of benzene rings is 2. The van der Waals surface area contributed by atoms with Gasteiger partial charge in [0.2, 0.25) is 0 Å². The third-order valence-corrected chi connectivity index (χ3v) is 4.11. The van der Waals surface area contributed by atoms with Gasteiger partial charge in [0.1, 0.15) is 0 Å². The Labute approximate surface area is 121 Å². The van der Waals surface area contributed by atoms with Crippen LogP contribution in [0.15, 0.2) is 42.5 Å². The lowest BCUT2D eigenvalue weighted by Gasteiger charge is -2.36. The quantitative estimate of drug-likeness (QED) is 0.914. The minimum Gasteiger partial charge on any atom is -0.369 e. The van der Waals surface area contributed by atoms with Gasteiger partial charge < -0.3 is 10.2 Å². The van der Waals surface area contributed by atoms with E-state index in [9.17, 15) is 0 Å². The highest BCUT2D eigenvalue weighted by Crippen LogP contribution is 2.23. The second kappa shape index (κ2) is 5.84. The van der Waals surface area contributed by atoms with Gasteiger partial charge in [-0.2, -0.15) is 0 Å². The van der Waals surface area contributed by atoms with Crippen LogP contribution in [0.3, 0.4) is 0 Å². The first-order chi connectivity index (χ1) is 9.72. The van der Waals surface area contributed by atoms with Gasteiger partial charge in [0.15, 0.2) is 0 Å². The Morgan fingerprint density at radius 1 is 1.15 bits per heavy atom. The van der Waals surface area contributed by atoms with Crippen molar-refractivity contribution < 1.29 is 0 Å². The average molecular weight is 268 g/mol. The van der Waals surface area contributed by atoms with Crippen LogP contribution in [0.4, 0.5) is 5.69 Å². The standard InChI is InChI=1S/C18H24N2/c1-14(2)11-17-13-20(10-9-19-17)18-8-7-15-5-3-4-6-16(15)12-18/h3-8,12,14,17,19H,9-11,13H2,1-2H3. The smallest absolute Gasteiger partial charge is 0.0373 e. The summed E-state index contributed by atoms with van der Waals surface area (Å²) in [5.41, 5.74) is 1.36. The summed E-state index contributed by atoms with van der Waals surface area (Å²) in [6.45, 7) is 7.92. The third-order valence-electron chi connectivity index (χ3n) is 4.11. The number of rotatable bonds is 3. The van der Waals surface area contributed by atoms with Crippen molar-refractivity contribution in [2.75, 3.05) is 24.5 Å². The van der Waals surface area contributed by atoms with Crippen LogP contribution in [0.25, 0.3) is 10.8 Å². The molecule has 2 aromatic carbocycles. The first-order valence-corrected chi connectivity index (χ1v) is 7.69. The lowest BCUT2D eigenvalue weighted by molar-refractivity contribution is 0.388. The van der Waals surface area contributed by atoms with E-state index in [1.54, 1.807) is 0 Å². The topological polar surface area (TPSA) is 15.3 Å². The van der Waals surface area contributed by atoms with E-state index in [0.717, 1.165) is 25.6 Å². The van der Waals surface area contributed by atoms with Gasteiger partial charge in [0.25, 0.3) is 0 Å². The molecule has 1 atom stereocenters. The maximum atomic E-state index is 3.65. The van der Waals surface area contributed by atoms with E-state index in [1.165, 1.54) is 22.9 Å². The van der Waals surface area contributed by atoms with Crippen molar-refractivity contribution in [1.29, 1.82) is 0 Å². The van der Waals surface area contributed by atoms with Crippen LogP contribution >= 0.6 is 0 Å². The molecule has 1 fully saturated rings. The van der Waals surface area contributed by atoms with Crippen molar-refractivity contribution in [3.63, 3.8) is 0 Å². The maximum absolute atomic E-state index is 3.65. The number of nitrogens with one attached hydrogen (secondary N) is 1. The largest absolute Gasteiger partial charge is 0.369 e. The van der Waals surface area contributed by atoms with Crippen molar-refractivity contribution >= 4 is 16.5 Å². The van der Waals surface area contributed by atoms with Crippen LogP contribution in [-0.4, -0.2) is 25.7 Å². The summed E-state index contributed by atoms with van der Waals surface area (Å²) < 4.78 is 0. The van der Waals surface area contributed by atoms with Crippen LogP contribution in [0, 0.1) is 5.92 Å². The van der Waals surface area contributed by atoms with Gasteiger partial charge in [0.05, 0.1) is 0 Å². The molecule has 0 spiro atoms. The fourth-order valence-electron chi connectivity index (χ4n) is 3.16. The molecule has 2 heteroatoms. The first kappa shape index (κ1) is 13.4. The number of anilines is 1. The lowest BCUT2D eigenvalue weighted by atomic mass is 10.0. The van der Waals surface area contributed by atoms with Gasteiger partial charge in [-0.3, -0.25) is 0 Å². The molecule has 1 N–H and O–H groups in total. The maximum Gasteiger partial charge on any atom is 0.0373 e. The Balaban J connectivity index is 1.79. The number of hydrogen-bond acceptors (Lipinski definition) is 2. The molecule has 1 unspecified atom stereocenters. The summed E-state index contributed by atoms with van der Waals surface area (Å²) in [6, 6.07) is 16.1. The van der Waals surface area contributed by atoms with E-state index >= 15 is 0 Å². The number of hydrogen-bond donors (Lipinski definition) is 1. The SMILES string of the molecule is CC(C)CC1CN(c2ccc3ccccc3c2)CCN1. The second-order valence-corrected chi connectivity index (χ2v) is 6.26. The molecule has 2 aromatic rings. The Morgan fingerprint density at radius 2 is 1.95 bits per heavy atom. The summed E-state index contributed by atoms with van der Waals surface area (Å²) in [5.74, 6) is 0.754. The van der Waals surface area contributed by atoms with Gasteiger partial charge in [-0.15, -0.1) is 0 Å². The zero-order valence-electron chi connectivity index (χ0n) is 12.5. The highest BCUT2D eigenvalue weighted by Gasteiger charge is 2.20. The molecular weight excluding hydrogens is 244 g/mol. The molecule has 20 heavy (non-hydrogen) atoms. The molecule has 1 saturated heterocycles. The molecule has 1 aliphatic heterocycles. The Morgan fingerprint density at radius 3 is 2.75 bits per heavy atom. The van der Waals surface area contributed by atoms with E-state index < -0.39 is 0 Å². The molecule has 3 rings (SSSR count). The average Bonchev–Trinajstić information content (AvgIpc) is 2.46. The van der Waals surface area contributed by atoms with Crippen molar-refractivity contribution in [1.82, 2.24) is 5.32 Å². The van der Waals surface area contributed by atoms with E-state index in [4.69, 9.17) is 0 Å². The molecule has 1 aliphatic rings. The van der Waals surface area contributed by atoms with Crippen molar-refractivity contribution in [3.05, 3.63) is 42.5 Å². The number of nitrogens with zero attached hydrogens (tertiary/aromatic N) is 1. The zero-order valence-corrected chi connectivity index (χ0v) is 12.5. The second-order valence-electron chi connectivity index (χ2n) is 6.26. The molecule has 0 aliphatic carbocycles. The van der Waals surface area contributed by atoms with E-state index in [1.807, 2.05) is 0 Å². The third kappa shape index (κ3) is 2.96. The summed E-state index contributed by atoms with van der Waals surface area (Å²) >= 11 is 0. The zero-order chi connectivity index (χ0) is 13.9. The molecule has 0 radical (unpaired) electrons. The number of piperazine rings is 1. The monoisotopic (exact) mass is 268 g/mol. The van der Waals surface area contributed by atoms with Gasteiger partial charge in [-0.25, -0.2) is 0 Å². The van der Waals surface area contributed by atoms with E-state index in [0.29, 0.717) is 6.04 Å². The lowest BCUT2D eigenvalue weighted by Crippen LogP contribution is -2.51. The molecular formula is C18H24N2. The van der Waals surface area contributed by atoms with Crippen LogP contribution in [0.1, 0.15) is 20.3 Å². The van der Waals surface area contributed by atoms with Crippen LogP contribution in [-0.2, 0) is 0 Å². The predicted molar refractivity (Wildman–Crippen MR) is 87.4 cm³/mol. The van der Waals surface area contributed by atoms with E-state index in [2.05, 4.69) is 66.5 Å². The Hall–Kier alpha value is -1.54. The van der Waals surface area contributed by atoms with Gasteiger partial charge in [-0.05, 0) is 35.2 Å². The summed E-state index contributed by atoms with van der Waals surface area (Å²) in [5, 5.41) is 6.31. The van der Waals surface area contributed by atoms with Crippen molar-refractivity contribution in [3.8, 4) is 0 Å². The molecule has 1 heterocycles. The van der Waals surface area contributed by atoms with Crippen molar-refractivity contribution in [2.24, 2.45) is 5.92 Å². The molecule has 2 nitrogen and oxygen atoms in total. The van der Waals surface area contributed by atoms with Crippen molar-refractivity contribution in [2.45, 2.75) is 26.3 Å². The molecule has 0 amide bonds. The summed E-state index contributed by atoms with van der Waals surface area (Å²) in [4.78, 5) is 2.52. The van der Waals surface area contributed by atoms with Gasteiger partial charge in [-0.1, -0.05) is 44.2 Å². The molecule has 0 bridgehead atoms. The normalized spacial score (nSPS) is 19.8. The highest BCUT2D eigenvalue weighted by molar-refractivity contribution is 5.85. The predicted octanol–water partition coefficient (Wildman–Crippen LogP) is 3.66.